The summed E-state index contributed by atoms with van der Waals surface area (Å²) in [6.07, 6.45) is 2.45. The molecule has 1 amide bonds. The van der Waals surface area contributed by atoms with Crippen molar-refractivity contribution in [3.63, 3.8) is 0 Å². The molecule has 174 valence electrons. The van der Waals surface area contributed by atoms with Gasteiger partial charge in [0.25, 0.3) is 0 Å². The van der Waals surface area contributed by atoms with Crippen molar-refractivity contribution in [2.24, 2.45) is 5.92 Å². The van der Waals surface area contributed by atoms with E-state index in [2.05, 4.69) is 15.4 Å². The highest BCUT2D eigenvalue weighted by molar-refractivity contribution is 7.89. The lowest BCUT2D eigenvalue weighted by Crippen LogP contribution is -2.41. The van der Waals surface area contributed by atoms with E-state index in [4.69, 9.17) is 0 Å². The quantitative estimate of drug-likeness (QED) is 0.548. The van der Waals surface area contributed by atoms with Gasteiger partial charge in [-0.2, -0.15) is 0 Å². The molecule has 0 unspecified atom stereocenters. The number of aryl methyl sites for hydroxylation is 1. The Hall–Kier alpha value is -2.45. The SMILES string of the molecule is CCNc1ccc(S(=O)(=O)NC2CCC(C(=O)N[C@H](C)c3ccc(F)cc3)CC2)cc1C. The van der Waals surface area contributed by atoms with Crippen molar-refractivity contribution in [2.75, 3.05) is 11.9 Å². The van der Waals surface area contributed by atoms with Crippen LogP contribution in [0.15, 0.2) is 47.4 Å². The zero-order chi connectivity index (χ0) is 23.3. The van der Waals surface area contributed by atoms with E-state index in [0.29, 0.717) is 25.7 Å². The summed E-state index contributed by atoms with van der Waals surface area (Å²) in [6, 6.07) is 10.8. The maximum Gasteiger partial charge on any atom is 0.240 e. The zero-order valence-electron chi connectivity index (χ0n) is 18.8. The minimum absolute atomic E-state index is 0.0437. The number of amides is 1. The van der Waals surface area contributed by atoms with Gasteiger partial charge in [-0.25, -0.2) is 17.5 Å². The second-order valence-corrected chi connectivity index (χ2v) is 10.2. The molecule has 1 saturated carbocycles. The van der Waals surface area contributed by atoms with Crippen molar-refractivity contribution < 1.29 is 17.6 Å². The van der Waals surface area contributed by atoms with Crippen LogP contribution in [0, 0.1) is 18.7 Å². The monoisotopic (exact) mass is 461 g/mol. The summed E-state index contributed by atoms with van der Waals surface area (Å²) in [4.78, 5) is 12.9. The van der Waals surface area contributed by atoms with E-state index in [-0.39, 0.29) is 34.6 Å². The number of carbonyl (C=O) groups is 1. The number of sulfonamides is 1. The summed E-state index contributed by atoms with van der Waals surface area (Å²) >= 11 is 0. The standard InChI is InChI=1S/C24H32FN3O3S/c1-4-26-23-14-13-22(15-16(23)2)32(30,31)28-21-11-7-19(8-12-21)24(29)27-17(3)18-5-9-20(25)10-6-18/h5-6,9-10,13-15,17,19,21,26,28H,4,7-8,11-12H2,1-3H3,(H,27,29)/t17-,19?,21?/m1/s1. The Labute approximate surface area is 190 Å². The second kappa shape index (κ2) is 10.4. The lowest BCUT2D eigenvalue weighted by atomic mass is 9.85. The predicted octanol–water partition coefficient (Wildman–Crippen LogP) is 4.28. The number of benzene rings is 2. The first-order chi connectivity index (χ1) is 15.2. The molecule has 1 aliphatic carbocycles. The molecule has 1 fully saturated rings. The number of anilines is 1. The van der Waals surface area contributed by atoms with Gasteiger partial charge in [0.05, 0.1) is 10.9 Å². The van der Waals surface area contributed by atoms with Crippen LogP contribution in [0.2, 0.25) is 0 Å². The van der Waals surface area contributed by atoms with Gasteiger partial charge < -0.3 is 10.6 Å². The minimum Gasteiger partial charge on any atom is -0.385 e. The number of halogens is 1. The third kappa shape index (κ3) is 6.07. The number of hydrogen-bond donors (Lipinski definition) is 3. The Bertz CT molecular complexity index is 1030. The van der Waals surface area contributed by atoms with Crippen LogP contribution in [0.4, 0.5) is 10.1 Å². The molecule has 0 spiro atoms. The third-order valence-electron chi connectivity index (χ3n) is 6.02. The molecule has 0 heterocycles. The first-order valence-corrected chi connectivity index (χ1v) is 12.6. The van der Waals surface area contributed by atoms with Crippen molar-refractivity contribution in [1.82, 2.24) is 10.0 Å². The molecule has 1 atom stereocenters. The van der Waals surface area contributed by atoms with E-state index >= 15 is 0 Å². The Morgan fingerprint density at radius 1 is 1.09 bits per heavy atom. The summed E-state index contributed by atoms with van der Waals surface area (Å²) in [5, 5.41) is 6.20. The molecule has 8 heteroatoms. The van der Waals surface area contributed by atoms with Crippen LogP contribution in [-0.4, -0.2) is 26.9 Å². The average Bonchev–Trinajstić information content (AvgIpc) is 2.76. The number of rotatable bonds is 8. The fourth-order valence-electron chi connectivity index (χ4n) is 4.12. The van der Waals surface area contributed by atoms with E-state index < -0.39 is 10.0 Å². The summed E-state index contributed by atoms with van der Waals surface area (Å²) in [6.45, 7) is 6.51. The van der Waals surface area contributed by atoms with Gasteiger partial charge in [-0.05, 0) is 87.9 Å². The largest absolute Gasteiger partial charge is 0.385 e. The minimum atomic E-state index is -3.62. The molecule has 0 saturated heterocycles. The van der Waals surface area contributed by atoms with Crippen molar-refractivity contribution >= 4 is 21.6 Å². The van der Waals surface area contributed by atoms with Crippen LogP contribution >= 0.6 is 0 Å². The molecule has 0 aromatic heterocycles. The van der Waals surface area contributed by atoms with Gasteiger partial charge in [0.2, 0.25) is 15.9 Å². The van der Waals surface area contributed by atoms with E-state index in [1.165, 1.54) is 12.1 Å². The lowest BCUT2D eigenvalue weighted by Gasteiger charge is -2.29. The molecule has 2 aromatic rings. The Kier molecular flexibility index (Phi) is 7.90. The summed E-state index contributed by atoms with van der Waals surface area (Å²) in [5.41, 5.74) is 2.65. The molecule has 32 heavy (non-hydrogen) atoms. The zero-order valence-corrected chi connectivity index (χ0v) is 19.6. The molecule has 3 rings (SSSR count). The predicted molar refractivity (Wildman–Crippen MR) is 124 cm³/mol. The average molecular weight is 462 g/mol. The van der Waals surface area contributed by atoms with Gasteiger partial charge in [0.1, 0.15) is 5.82 Å². The van der Waals surface area contributed by atoms with Crippen LogP contribution in [-0.2, 0) is 14.8 Å². The van der Waals surface area contributed by atoms with Gasteiger partial charge >= 0.3 is 0 Å². The maximum absolute atomic E-state index is 13.1. The molecule has 6 nitrogen and oxygen atoms in total. The van der Waals surface area contributed by atoms with Crippen molar-refractivity contribution in [1.29, 1.82) is 0 Å². The van der Waals surface area contributed by atoms with Gasteiger partial charge in [-0.1, -0.05) is 12.1 Å². The van der Waals surface area contributed by atoms with Crippen molar-refractivity contribution in [3.8, 4) is 0 Å². The second-order valence-electron chi connectivity index (χ2n) is 8.46. The Morgan fingerprint density at radius 2 is 1.75 bits per heavy atom. The van der Waals surface area contributed by atoms with Gasteiger partial charge in [-0.3, -0.25) is 4.79 Å². The highest BCUT2D eigenvalue weighted by atomic mass is 32.2. The Morgan fingerprint density at radius 3 is 2.34 bits per heavy atom. The van der Waals surface area contributed by atoms with E-state index in [0.717, 1.165) is 23.4 Å². The number of carbonyl (C=O) groups excluding carboxylic acids is 1. The normalized spacial score (nSPS) is 19.9. The first-order valence-electron chi connectivity index (χ1n) is 11.1. The fourth-order valence-corrected chi connectivity index (χ4v) is 5.51. The molecule has 0 bridgehead atoms. The fraction of sp³-hybridized carbons (Fsp3) is 0.458. The number of nitrogens with one attached hydrogen (secondary N) is 3. The molecule has 2 aromatic carbocycles. The van der Waals surface area contributed by atoms with Gasteiger partial charge in [0, 0.05) is 24.2 Å². The summed E-state index contributed by atoms with van der Waals surface area (Å²) < 4.78 is 41.6. The van der Waals surface area contributed by atoms with Crippen molar-refractivity contribution in [2.45, 2.75) is 63.4 Å². The van der Waals surface area contributed by atoms with E-state index in [1.54, 1.807) is 30.3 Å². The molecule has 0 radical (unpaired) electrons. The smallest absolute Gasteiger partial charge is 0.240 e. The van der Waals surface area contributed by atoms with Crippen LogP contribution in [0.1, 0.15) is 56.7 Å². The Balaban J connectivity index is 1.53. The van der Waals surface area contributed by atoms with E-state index in [9.17, 15) is 17.6 Å². The highest BCUT2D eigenvalue weighted by Gasteiger charge is 2.30. The van der Waals surface area contributed by atoms with Gasteiger partial charge in [0.15, 0.2) is 0 Å². The molecule has 0 aliphatic heterocycles. The van der Waals surface area contributed by atoms with E-state index in [1.807, 2.05) is 20.8 Å². The molecular formula is C24H32FN3O3S. The topological polar surface area (TPSA) is 87.3 Å². The van der Waals surface area contributed by atoms with Crippen LogP contribution in [0.5, 0.6) is 0 Å². The number of hydrogen-bond acceptors (Lipinski definition) is 4. The lowest BCUT2D eigenvalue weighted by molar-refractivity contribution is -0.126. The van der Waals surface area contributed by atoms with Crippen LogP contribution in [0.3, 0.4) is 0 Å². The van der Waals surface area contributed by atoms with Crippen molar-refractivity contribution in [3.05, 3.63) is 59.4 Å². The maximum atomic E-state index is 13.1. The van der Waals surface area contributed by atoms with Crippen LogP contribution < -0.4 is 15.4 Å². The first kappa shape index (κ1) is 24.2. The molecular weight excluding hydrogens is 429 g/mol. The summed E-state index contributed by atoms with van der Waals surface area (Å²) in [5.74, 6) is -0.505. The van der Waals surface area contributed by atoms with Crippen LogP contribution in [0.25, 0.3) is 0 Å². The summed E-state index contributed by atoms with van der Waals surface area (Å²) in [7, 11) is -3.62. The highest BCUT2D eigenvalue weighted by Crippen LogP contribution is 2.27. The third-order valence-corrected chi connectivity index (χ3v) is 7.54. The van der Waals surface area contributed by atoms with Gasteiger partial charge in [-0.15, -0.1) is 0 Å². The molecule has 3 N–H and O–H groups in total. The molecule has 1 aliphatic rings.